The topological polar surface area (TPSA) is 74.8 Å². The molecule has 2 aromatic rings. The molecule has 18 heavy (non-hydrogen) atoms. The van der Waals surface area contributed by atoms with Crippen LogP contribution in [0, 0.1) is 5.41 Å². The molecule has 1 aromatic heterocycles. The molecule has 4 nitrogen and oxygen atoms in total. The third kappa shape index (κ3) is 1.72. The third-order valence-corrected chi connectivity index (χ3v) is 3.23. The van der Waals surface area contributed by atoms with E-state index in [1.54, 1.807) is 18.5 Å². The van der Waals surface area contributed by atoms with Crippen LogP contribution in [-0.4, -0.2) is 17.2 Å². The highest BCUT2D eigenvalue weighted by Crippen LogP contribution is 2.25. The Hall–Kier alpha value is -2.36. The molecular formula is C14H14N4. The van der Waals surface area contributed by atoms with Crippen molar-refractivity contribution in [3.8, 4) is 0 Å². The molecule has 0 radical (unpaired) electrons. The molecule has 0 aliphatic carbocycles. The maximum atomic E-state index is 8.24. The molecule has 1 aromatic carbocycles. The Morgan fingerprint density at radius 1 is 1.33 bits per heavy atom. The van der Waals surface area contributed by atoms with E-state index in [2.05, 4.69) is 16.4 Å². The molecule has 0 fully saturated rings. The lowest BCUT2D eigenvalue weighted by atomic mass is 10.00. The van der Waals surface area contributed by atoms with E-state index in [0.717, 1.165) is 29.8 Å². The zero-order chi connectivity index (χ0) is 12.5. The molecule has 0 unspecified atom stereocenters. The highest BCUT2D eigenvalue weighted by atomic mass is 14.9. The summed E-state index contributed by atoms with van der Waals surface area (Å²) in [6.07, 6.45) is 4.29. The zero-order valence-corrected chi connectivity index (χ0v) is 9.90. The van der Waals surface area contributed by atoms with Crippen molar-refractivity contribution in [1.29, 1.82) is 5.41 Å². The largest absolute Gasteiger partial charge is 0.397 e. The van der Waals surface area contributed by atoms with Crippen molar-refractivity contribution in [2.45, 2.75) is 6.42 Å². The second kappa shape index (κ2) is 4.14. The first kappa shape index (κ1) is 10.8. The normalized spacial score (nSPS) is 12.9. The van der Waals surface area contributed by atoms with Crippen molar-refractivity contribution in [1.82, 2.24) is 4.98 Å². The number of aromatic nitrogens is 1. The molecule has 4 N–H and O–H groups in total. The van der Waals surface area contributed by atoms with Crippen LogP contribution < -0.4 is 11.1 Å². The van der Waals surface area contributed by atoms with Crippen LogP contribution in [0.3, 0.4) is 0 Å². The van der Waals surface area contributed by atoms with Gasteiger partial charge in [0.1, 0.15) is 0 Å². The number of nitrogen functional groups attached to an aromatic ring is 1. The number of nitrogens with two attached hydrogens (primary N) is 1. The lowest BCUT2D eigenvalue weighted by molar-refractivity contribution is 1.11. The van der Waals surface area contributed by atoms with Crippen LogP contribution in [-0.2, 0) is 6.42 Å². The first-order valence-corrected chi connectivity index (χ1v) is 5.91. The van der Waals surface area contributed by atoms with Crippen molar-refractivity contribution in [3.05, 3.63) is 53.3 Å². The minimum absolute atomic E-state index is 0.436. The summed E-state index contributed by atoms with van der Waals surface area (Å²) >= 11 is 0. The summed E-state index contributed by atoms with van der Waals surface area (Å²) in [6.45, 7) is 0.976. The van der Waals surface area contributed by atoms with Crippen LogP contribution in [0.2, 0.25) is 0 Å². The number of nitrogens with one attached hydrogen (secondary N) is 2. The van der Waals surface area contributed by atoms with E-state index >= 15 is 0 Å². The molecule has 2 heterocycles. The van der Waals surface area contributed by atoms with E-state index < -0.39 is 0 Å². The van der Waals surface area contributed by atoms with E-state index in [4.69, 9.17) is 11.1 Å². The second-order valence-electron chi connectivity index (χ2n) is 4.39. The summed E-state index contributed by atoms with van der Waals surface area (Å²) < 4.78 is 0. The number of fused-ring (bicyclic) bond motifs is 1. The summed E-state index contributed by atoms with van der Waals surface area (Å²) in [5.74, 6) is 0. The summed E-state index contributed by atoms with van der Waals surface area (Å²) in [5.41, 5.74) is 10.9. The van der Waals surface area contributed by atoms with E-state index in [1.165, 1.54) is 5.56 Å². The quantitative estimate of drug-likeness (QED) is 0.701. The van der Waals surface area contributed by atoms with Gasteiger partial charge in [-0.1, -0.05) is 12.1 Å². The van der Waals surface area contributed by atoms with E-state index in [-0.39, 0.29) is 0 Å². The Morgan fingerprint density at radius 3 is 3.06 bits per heavy atom. The maximum Gasteiger partial charge on any atom is 0.0707 e. The molecule has 4 heteroatoms. The molecular weight excluding hydrogens is 224 g/mol. The first-order valence-electron chi connectivity index (χ1n) is 5.91. The molecule has 0 amide bonds. The monoisotopic (exact) mass is 238 g/mol. The summed E-state index contributed by atoms with van der Waals surface area (Å²) in [7, 11) is 0. The van der Waals surface area contributed by atoms with Gasteiger partial charge in [-0.25, -0.2) is 0 Å². The van der Waals surface area contributed by atoms with Gasteiger partial charge >= 0.3 is 0 Å². The number of hydrogen-bond donors (Lipinski definition) is 3. The number of benzene rings is 1. The molecule has 1 aliphatic rings. The summed E-state index contributed by atoms with van der Waals surface area (Å²) in [6, 6.07) is 7.85. The predicted octanol–water partition coefficient (Wildman–Crippen LogP) is 2.05. The highest BCUT2D eigenvalue weighted by molar-refractivity contribution is 6.14. The smallest absolute Gasteiger partial charge is 0.0707 e. The molecule has 0 spiro atoms. The Bertz CT molecular complexity index is 619. The van der Waals surface area contributed by atoms with Gasteiger partial charge in [0.15, 0.2) is 0 Å². The molecule has 0 bridgehead atoms. The number of rotatable bonds is 2. The predicted molar refractivity (Wildman–Crippen MR) is 73.2 cm³/mol. The summed E-state index contributed by atoms with van der Waals surface area (Å²) in [4.78, 5) is 3.94. The molecule has 0 saturated heterocycles. The Kier molecular flexibility index (Phi) is 2.48. The minimum Gasteiger partial charge on any atom is -0.397 e. The van der Waals surface area contributed by atoms with Crippen molar-refractivity contribution in [2.75, 3.05) is 17.6 Å². The van der Waals surface area contributed by atoms with Gasteiger partial charge in [-0.3, -0.25) is 10.4 Å². The fourth-order valence-electron chi connectivity index (χ4n) is 2.24. The lowest BCUT2D eigenvalue weighted by Gasteiger charge is -2.09. The van der Waals surface area contributed by atoms with Gasteiger partial charge in [0.05, 0.1) is 17.6 Å². The fourth-order valence-corrected chi connectivity index (χ4v) is 2.24. The Balaban J connectivity index is 2.01. The Labute approximate surface area is 105 Å². The van der Waals surface area contributed by atoms with Crippen LogP contribution in [0.4, 0.5) is 11.4 Å². The van der Waals surface area contributed by atoms with Crippen LogP contribution >= 0.6 is 0 Å². The van der Waals surface area contributed by atoms with Crippen molar-refractivity contribution >= 4 is 17.1 Å². The average Bonchev–Trinajstić information content (AvgIpc) is 2.85. The van der Waals surface area contributed by atoms with E-state index in [1.807, 2.05) is 12.1 Å². The lowest BCUT2D eigenvalue weighted by Crippen LogP contribution is -2.06. The van der Waals surface area contributed by atoms with Crippen LogP contribution in [0.25, 0.3) is 0 Å². The fraction of sp³-hybridized carbons (Fsp3) is 0.143. The van der Waals surface area contributed by atoms with E-state index in [9.17, 15) is 0 Å². The van der Waals surface area contributed by atoms with Crippen LogP contribution in [0.1, 0.15) is 16.7 Å². The minimum atomic E-state index is 0.436. The van der Waals surface area contributed by atoms with Crippen molar-refractivity contribution in [2.24, 2.45) is 0 Å². The number of pyridine rings is 1. The van der Waals surface area contributed by atoms with Gasteiger partial charge in [0.2, 0.25) is 0 Å². The van der Waals surface area contributed by atoms with Gasteiger partial charge in [-0.2, -0.15) is 0 Å². The zero-order valence-electron chi connectivity index (χ0n) is 9.90. The van der Waals surface area contributed by atoms with Gasteiger partial charge in [-0.15, -0.1) is 0 Å². The third-order valence-electron chi connectivity index (χ3n) is 3.23. The SMILES string of the molecule is N=C(c1ccc2c(c1)NCC2)c1ccncc1N. The summed E-state index contributed by atoms with van der Waals surface area (Å²) in [5, 5.41) is 11.6. The van der Waals surface area contributed by atoms with E-state index in [0.29, 0.717) is 11.4 Å². The van der Waals surface area contributed by atoms with Crippen molar-refractivity contribution in [3.63, 3.8) is 0 Å². The molecule has 0 atom stereocenters. The maximum absolute atomic E-state index is 8.24. The van der Waals surface area contributed by atoms with Gasteiger partial charge in [0, 0.05) is 29.6 Å². The molecule has 3 rings (SSSR count). The number of anilines is 2. The van der Waals surface area contributed by atoms with Crippen molar-refractivity contribution < 1.29 is 0 Å². The number of hydrogen-bond acceptors (Lipinski definition) is 4. The molecule has 1 aliphatic heterocycles. The Morgan fingerprint density at radius 2 is 2.22 bits per heavy atom. The first-order chi connectivity index (χ1) is 8.75. The van der Waals surface area contributed by atoms with Gasteiger partial charge in [-0.05, 0) is 24.1 Å². The van der Waals surface area contributed by atoms with Crippen LogP contribution in [0.5, 0.6) is 0 Å². The second-order valence-corrected chi connectivity index (χ2v) is 4.39. The standard InChI is InChI=1S/C14H14N4/c15-12-8-17-5-4-11(12)14(16)10-2-1-9-3-6-18-13(9)7-10/h1-2,4-5,7-8,16,18H,3,6,15H2. The van der Waals surface area contributed by atoms with Crippen LogP contribution in [0.15, 0.2) is 36.7 Å². The van der Waals surface area contributed by atoms with Gasteiger partial charge in [0.25, 0.3) is 0 Å². The molecule has 90 valence electrons. The number of nitrogens with zero attached hydrogens (tertiary/aromatic N) is 1. The molecule has 0 saturated carbocycles. The van der Waals surface area contributed by atoms with Gasteiger partial charge < -0.3 is 11.1 Å². The average molecular weight is 238 g/mol. The highest BCUT2D eigenvalue weighted by Gasteiger charge is 2.13.